The molecule has 0 rings (SSSR count). The fourth-order valence-electron chi connectivity index (χ4n) is 5.66. The van der Waals surface area contributed by atoms with Crippen molar-refractivity contribution in [2.45, 2.75) is 180 Å². The number of quaternary nitrogens is 1. The monoisotopic (exact) mass is 784 g/mol. The summed E-state index contributed by atoms with van der Waals surface area (Å²) >= 11 is 0. The maximum absolute atomic E-state index is 12.6. The first-order valence-electron chi connectivity index (χ1n) is 21.5. The highest BCUT2D eigenvalue weighted by atomic mass is 31.2. The third-order valence-corrected chi connectivity index (χ3v) is 10.0. The zero-order valence-electron chi connectivity index (χ0n) is 35.3. The third kappa shape index (κ3) is 39.9. The Labute approximate surface area is 331 Å². The number of unbranched alkanes of at least 4 members (excludes halogenated alkanes) is 19. The second-order valence-corrected chi connectivity index (χ2v) is 17.0. The van der Waals surface area contributed by atoms with E-state index in [1.807, 2.05) is 45.4 Å². The van der Waals surface area contributed by atoms with Crippen LogP contribution in [0.3, 0.4) is 0 Å². The molecule has 0 aliphatic rings. The van der Waals surface area contributed by atoms with Crippen LogP contribution in [0, 0.1) is 0 Å². The van der Waals surface area contributed by atoms with Crippen molar-refractivity contribution in [3.8, 4) is 0 Å². The van der Waals surface area contributed by atoms with Crippen LogP contribution in [0.2, 0.25) is 0 Å². The molecule has 3 atom stereocenters. The van der Waals surface area contributed by atoms with Crippen LogP contribution >= 0.6 is 7.82 Å². The number of phosphoric acid groups is 1. The summed E-state index contributed by atoms with van der Waals surface area (Å²) < 4.78 is 34.2. The maximum Gasteiger partial charge on any atom is 0.306 e. The Morgan fingerprint density at radius 1 is 0.704 bits per heavy atom. The van der Waals surface area contributed by atoms with Crippen molar-refractivity contribution in [2.75, 3.05) is 47.5 Å². The Bertz CT molecular complexity index is 1020. The molecule has 0 aromatic carbocycles. The van der Waals surface area contributed by atoms with Gasteiger partial charge in [-0.25, -0.2) is 0 Å². The van der Waals surface area contributed by atoms with Crippen LogP contribution in [0.1, 0.15) is 168 Å². The van der Waals surface area contributed by atoms with Gasteiger partial charge in [-0.1, -0.05) is 153 Å². The highest BCUT2D eigenvalue weighted by molar-refractivity contribution is 7.45. The van der Waals surface area contributed by atoms with E-state index >= 15 is 0 Å². The normalized spacial score (nSPS) is 14.8. The number of allylic oxidation sites excluding steroid dienone is 5. The number of phosphoric ester groups is 1. The first kappa shape index (κ1) is 52.3. The number of ether oxygens (including phenoxy) is 2. The standard InChI is InChI=1S/C44H82NO8P/c1-6-8-10-11-12-13-14-15-16-17-18-19-23-26-29-33-38-50-40-43(41-52-54(48,49)51-39-37-45(3,4)5)53-44(47)36-32-28-25-22-20-21-24-27-31-35-42(46)34-30-9-7-2/h9,24,27,30-31,33,35,38,42-43,46H,6-8,10-23,25-26,28-29,32,34,36-37,39-41H2,1-5H3/b27-24+,30-9+,35-31+,38-33+/t42?,43-/m1/s1. The average Bonchev–Trinajstić information content (AvgIpc) is 3.11. The molecule has 1 N–H and O–H groups in total. The van der Waals surface area contributed by atoms with Gasteiger partial charge in [0.25, 0.3) is 7.82 Å². The van der Waals surface area contributed by atoms with Crippen LogP contribution in [-0.2, 0) is 27.9 Å². The second-order valence-electron chi connectivity index (χ2n) is 15.6. The van der Waals surface area contributed by atoms with Crippen molar-refractivity contribution in [3.05, 3.63) is 48.8 Å². The van der Waals surface area contributed by atoms with E-state index in [2.05, 4.69) is 26.0 Å². The molecule has 0 spiro atoms. The Kier molecular flexibility index (Phi) is 35.7. The maximum atomic E-state index is 12.6. The molecule has 0 amide bonds. The summed E-state index contributed by atoms with van der Waals surface area (Å²) in [4.78, 5) is 25.0. The van der Waals surface area contributed by atoms with Gasteiger partial charge in [-0.2, -0.15) is 0 Å². The smallest absolute Gasteiger partial charge is 0.306 e. The molecule has 0 radical (unpaired) electrons. The molecule has 54 heavy (non-hydrogen) atoms. The average molecular weight is 784 g/mol. The van der Waals surface area contributed by atoms with E-state index in [4.69, 9.17) is 18.5 Å². The minimum absolute atomic E-state index is 0.00188. The van der Waals surface area contributed by atoms with E-state index in [1.165, 1.54) is 83.5 Å². The summed E-state index contributed by atoms with van der Waals surface area (Å²) in [6.07, 6.45) is 41.2. The minimum atomic E-state index is -4.56. The molecular weight excluding hydrogens is 701 g/mol. The summed E-state index contributed by atoms with van der Waals surface area (Å²) in [5, 5.41) is 9.88. The zero-order chi connectivity index (χ0) is 40.0. The molecule has 0 saturated carbocycles. The highest BCUT2D eigenvalue weighted by Gasteiger charge is 2.20. The van der Waals surface area contributed by atoms with E-state index in [-0.39, 0.29) is 26.2 Å². The molecule has 0 fully saturated rings. The number of carbonyl (C=O) groups excluding carboxylic acids is 1. The van der Waals surface area contributed by atoms with Gasteiger partial charge in [0.05, 0.1) is 40.1 Å². The highest BCUT2D eigenvalue weighted by Crippen LogP contribution is 2.38. The number of hydrogen-bond donors (Lipinski definition) is 1. The lowest BCUT2D eigenvalue weighted by molar-refractivity contribution is -0.870. The summed E-state index contributed by atoms with van der Waals surface area (Å²) in [7, 11) is 1.27. The first-order valence-corrected chi connectivity index (χ1v) is 23.0. The van der Waals surface area contributed by atoms with Gasteiger partial charge in [-0.15, -0.1) is 0 Å². The molecule has 0 saturated heterocycles. The Morgan fingerprint density at radius 3 is 1.83 bits per heavy atom. The van der Waals surface area contributed by atoms with Crippen LogP contribution in [0.5, 0.6) is 0 Å². The molecular formula is C44H82NO8P. The van der Waals surface area contributed by atoms with Crippen molar-refractivity contribution in [1.29, 1.82) is 0 Å². The predicted molar refractivity (Wildman–Crippen MR) is 223 cm³/mol. The van der Waals surface area contributed by atoms with Crippen LogP contribution in [0.4, 0.5) is 0 Å². The minimum Gasteiger partial charge on any atom is -0.756 e. The number of rotatable bonds is 39. The number of likely N-dealkylation sites (N-methyl/N-ethyl adjacent to an activating group) is 1. The Hall–Kier alpha value is -1.74. The third-order valence-electron chi connectivity index (χ3n) is 9.04. The molecule has 0 aromatic rings. The fourth-order valence-corrected chi connectivity index (χ4v) is 6.39. The van der Waals surface area contributed by atoms with Gasteiger partial charge >= 0.3 is 5.97 Å². The molecule has 9 nitrogen and oxygen atoms in total. The molecule has 0 aliphatic heterocycles. The number of nitrogens with zero attached hydrogens (tertiary/aromatic N) is 1. The molecule has 0 aromatic heterocycles. The van der Waals surface area contributed by atoms with E-state index in [0.717, 1.165) is 51.4 Å². The van der Waals surface area contributed by atoms with Crippen molar-refractivity contribution >= 4 is 13.8 Å². The van der Waals surface area contributed by atoms with E-state index in [9.17, 15) is 19.4 Å². The van der Waals surface area contributed by atoms with Crippen molar-refractivity contribution in [2.24, 2.45) is 0 Å². The number of aliphatic hydroxyl groups is 1. The predicted octanol–water partition coefficient (Wildman–Crippen LogP) is 11.1. The van der Waals surface area contributed by atoms with Crippen LogP contribution < -0.4 is 4.89 Å². The van der Waals surface area contributed by atoms with Gasteiger partial charge in [0.2, 0.25) is 0 Å². The summed E-state index contributed by atoms with van der Waals surface area (Å²) in [6.45, 7) is 4.48. The zero-order valence-corrected chi connectivity index (χ0v) is 36.2. The van der Waals surface area contributed by atoms with Gasteiger partial charge in [-0.3, -0.25) is 9.36 Å². The molecule has 0 aliphatic carbocycles. The molecule has 0 heterocycles. The van der Waals surface area contributed by atoms with E-state index in [0.29, 0.717) is 23.9 Å². The van der Waals surface area contributed by atoms with E-state index in [1.54, 1.807) is 12.3 Å². The lowest BCUT2D eigenvalue weighted by Crippen LogP contribution is -2.37. The van der Waals surface area contributed by atoms with Crippen LogP contribution in [0.25, 0.3) is 0 Å². The van der Waals surface area contributed by atoms with Gasteiger partial charge in [0.15, 0.2) is 6.10 Å². The molecule has 0 bridgehead atoms. The topological polar surface area (TPSA) is 114 Å². The van der Waals surface area contributed by atoms with Crippen molar-refractivity contribution in [3.63, 3.8) is 0 Å². The number of aliphatic hydroxyl groups excluding tert-OH is 1. The molecule has 2 unspecified atom stereocenters. The molecule has 10 heteroatoms. The summed E-state index contributed by atoms with van der Waals surface area (Å²) in [5.74, 6) is -0.396. The lowest BCUT2D eigenvalue weighted by Gasteiger charge is -2.28. The first-order chi connectivity index (χ1) is 26.0. The van der Waals surface area contributed by atoms with Gasteiger partial charge in [0.1, 0.15) is 19.8 Å². The Balaban J connectivity index is 4.37. The quantitative estimate of drug-likeness (QED) is 0.0125. The number of esters is 1. The lowest BCUT2D eigenvalue weighted by atomic mass is 10.0. The molecule has 316 valence electrons. The number of hydrogen-bond acceptors (Lipinski definition) is 8. The van der Waals surface area contributed by atoms with Crippen molar-refractivity contribution in [1.82, 2.24) is 0 Å². The van der Waals surface area contributed by atoms with Crippen LogP contribution in [0.15, 0.2) is 48.8 Å². The summed E-state index contributed by atoms with van der Waals surface area (Å²) in [5.41, 5.74) is 0. The fraction of sp³-hybridized carbons (Fsp3) is 0.795. The largest absolute Gasteiger partial charge is 0.756 e. The van der Waals surface area contributed by atoms with Crippen LogP contribution in [-0.4, -0.2) is 75.3 Å². The Morgan fingerprint density at radius 2 is 1.26 bits per heavy atom. The van der Waals surface area contributed by atoms with Gasteiger partial charge in [0, 0.05) is 6.42 Å². The summed E-state index contributed by atoms with van der Waals surface area (Å²) in [6, 6.07) is 0. The van der Waals surface area contributed by atoms with E-state index < -0.39 is 26.0 Å². The number of carbonyl (C=O) groups is 1. The van der Waals surface area contributed by atoms with Crippen molar-refractivity contribution < 1.29 is 42.4 Å². The SMILES string of the molecule is CC/C=C/CC(O)/C=C/C=C/CCCCCCCC(=O)O[C@H](CO/C=C/CCCCCCCCCCCCCCCC)COP(=O)([O-])OCC[N+](C)(C)C. The second kappa shape index (κ2) is 36.9. The van der Waals surface area contributed by atoms with Gasteiger partial charge in [-0.05, 0) is 51.0 Å². The van der Waals surface area contributed by atoms with Gasteiger partial charge < -0.3 is 33.0 Å².